The molecule has 7 heteroatoms. The number of carbonyl (C=O) groups is 1. The summed E-state index contributed by atoms with van der Waals surface area (Å²) < 4.78 is 44.3. The monoisotopic (exact) mass is 332 g/mol. The van der Waals surface area contributed by atoms with E-state index in [1.165, 1.54) is 6.07 Å². The largest absolute Gasteiger partial charge is 0.355 e. The lowest BCUT2D eigenvalue weighted by molar-refractivity contribution is 0.101. The Labute approximate surface area is 134 Å². The lowest BCUT2D eigenvalue weighted by Crippen LogP contribution is -2.13. The number of anilines is 1. The number of nitrogens with zero attached hydrogens (tertiary/aromatic N) is 1. The van der Waals surface area contributed by atoms with Gasteiger partial charge in [0.2, 0.25) is 0 Å². The number of carbonyl (C=O) groups excluding carboxylic acids is 1. The highest BCUT2D eigenvalue weighted by molar-refractivity contribution is 6.03. The summed E-state index contributed by atoms with van der Waals surface area (Å²) in [6, 6.07) is 10.1. The lowest BCUT2D eigenvalue weighted by Gasteiger charge is -2.04. The third kappa shape index (κ3) is 3.15. The average Bonchev–Trinajstić information content (AvgIpc) is 3.03. The van der Waals surface area contributed by atoms with Gasteiger partial charge in [0.1, 0.15) is 0 Å². The Balaban J connectivity index is 1.80. The summed E-state index contributed by atoms with van der Waals surface area (Å²) in [5, 5.41) is 5.86. The fraction of sp³-hybridized carbons (Fsp3) is 0.0588. The van der Waals surface area contributed by atoms with Gasteiger partial charge in [0, 0.05) is 29.4 Å². The summed E-state index contributed by atoms with van der Waals surface area (Å²) in [5.41, 5.74) is 1.50. The molecule has 0 spiro atoms. The first kappa shape index (κ1) is 15.8. The molecule has 122 valence electrons. The number of aryl methyl sites for hydroxylation is 1. The van der Waals surface area contributed by atoms with Gasteiger partial charge in [0.05, 0.1) is 0 Å². The van der Waals surface area contributed by atoms with Crippen LogP contribution in [0.3, 0.4) is 0 Å². The molecule has 0 aliphatic rings. The van der Waals surface area contributed by atoms with E-state index in [1.807, 2.05) is 31.2 Å². The molecule has 0 atom stereocenters. The molecule has 0 saturated heterocycles. The molecule has 0 aliphatic carbocycles. The molecule has 1 N–H and O–H groups in total. The van der Waals surface area contributed by atoms with E-state index in [2.05, 4.69) is 10.5 Å². The van der Waals surface area contributed by atoms with E-state index in [0.717, 1.165) is 11.1 Å². The van der Waals surface area contributed by atoms with E-state index in [4.69, 9.17) is 4.52 Å². The van der Waals surface area contributed by atoms with Crippen LogP contribution in [0.15, 0.2) is 47.0 Å². The number of rotatable bonds is 3. The van der Waals surface area contributed by atoms with Gasteiger partial charge in [0.15, 0.2) is 28.9 Å². The molecule has 3 rings (SSSR count). The molecule has 1 aromatic heterocycles. The van der Waals surface area contributed by atoms with Crippen molar-refractivity contribution in [1.82, 2.24) is 5.16 Å². The van der Waals surface area contributed by atoms with E-state index < -0.39 is 23.4 Å². The van der Waals surface area contributed by atoms with E-state index in [9.17, 15) is 18.0 Å². The minimum Gasteiger partial charge on any atom is -0.355 e. The summed E-state index contributed by atoms with van der Waals surface area (Å²) in [7, 11) is 0. The van der Waals surface area contributed by atoms with Crippen LogP contribution in [-0.2, 0) is 0 Å². The molecule has 3 aromatic rings. The predicted molar refractivity (Wildman–Crippen MR) is 80.9 cm³/mol. The fourth-order valence-electron chi connectivity index (χ4n) is 2.06. The van der Waals surface area contributed by atoms with Crippen molar-refractivity contribution in [3.63, 3.8) is 0 Å². The summed E-state index contributed by atoms with van der Waals surface area (Å²) in [6.07, 6.45) is 0. The zero-order valence-electron chi connectivity index (χ0n) is 12.4. The molecule has 0 radical (unpaired) electrons. The highest BCUT2D eigenvalue weighted by atomic mass is 19.2. The molecular formula is C17H11F3N2O2. The second-order valence-electron chi connectivity index (χ2n) is 5.15. The van der Waals surface area contributed by atoms with Gasteiger partial charge in [-0.25, -0.2) is 13.2 Å². The third-order valence-corrected chi connectivity index (χ3v) is 3.32. The van der Waals surface area contributed by atoms with Crippen molar-refractivity contribution in [3.05, 3.63) is 71.2 Å². The van der Waals surface area contributed by atoms with Crippen LogP contribution in [0.2, 0.25) is 0 Å². The number of amides is 1. The molecule has 0 saturated carbocycles. The molecule has 0 fully saturated rings. The Morgan fingerprint density at radius 1 is 1.04 bits per heavy atom. The standard InChI is InChI=1S/C17H11F3N2O2/c1-9-2-4-10(5-3-9)15-8-14(22-24-15)17(23)21-11-6-12(18)16(20)13(19)7-11/h2-8H,1H3,(H,21,23). The number of hydrogen-bond donors (Lipinski definition) is 1. The Morgan fingerprint density at radius 3 is 2.29 bits per heavy atom. The fourth-order valence-corrected chi connectivity index (χ4v) is 2.06. The van der Waals surface area contributed by atoms with Crippen LogP contribution in [0.5, 0.6) is 0 Å². The smallest absolute Gasteiger partial charge is 0.277 e. The molecule has 1 heterocycles. The van der Waals surface area contributed by atoms with Crippen molar-refractivity contribution >= 4 is 11.6 Å². The summed E-state index contributed by atoms with van der Waals surface area (Å²) >= 11 is 0. The van der Waals surface area contributed by atoms with Crippen molar-refractivity contribution < 1.29 is 22.5 Å². The minimum absolute atomic E-state index is 0.0734. The zero-order chi connectivity index (χ0) is 17.3. The first-order valence-electron chi connectivity index (χ1n) is 6.93. The second-order valence-corrected chi connectivity index (χ2v) is 5.15. The molecule has 4 nitrogen and oxygen atoms in total. The van der Waals surface area contributed by atoms with Gasteiger partial charge >= 0.3 is 0 Å². The van der Waals surface area contributed by atoms with Gasteiger partial charge in [-0.1, -0.05) is 35.0 Å². The summed E-state index contributed by atoms with van der Waals surface area (Å²) in [5.74, 6) is -4.76. The second kappa shape index (κ2) is 6.19. The van der Waals surface area contributed by atoms with Crippen LogP contribution in [0, 0.1) is 24.4 Å². The van der Waals surface area contributed by atoms with Crippen LogP contribution < -0.4 is 5.32 Å². The highest BCUT2D eigenvalue weighted by Crippen LogP contribution is 2.22. The van der Waals surface area contributed by atoms with Crippen LogP contribution >= 0.6 is 0 Å². The molecule has 2 aromatic carbocycles. The lowest BCUT2D eigenvalue weighted by atomic mass is 10.1. The van der Waals surface area contributed by atoms with Crippen molar-refractivity contribution in [2.45, 2.75) is 6.92 Å². The molecule has 24 heavy (non-hydrogen) atoms. The maximum absolute atomic E-state index is 13.2. The van der Waals surface area contributed by atoms with Crippen LogP contribution in [0.1, 0.15) is 16.1 Å². The Kier molecular flexibility index (Phi) is 4.07. The number of aromatic nitrogens is 1. The molecule has 0 bridgehead atoms. The van der Waals surface area contributed by atoms with E-state index in [1.54, 1.807) is 0 Å². The van der Waals surface area contributed by atoms with Crippen molar-refractivity contribution in [2.24, 2.45) is 0 Å². The number of hydrogen-bond acceptors (Lipinski definition) is 3. The Morgan fingerprint density at radius 2 is 1.67 bits per heavy atom. The number of halogens is 3. The number of benzene rings is 2. The maximum atomic E-state index is 13.2. The van der Waals surface area contributed by atoms with E-state index in [-0.39, 0.29) is 11.4 Å². The van der Waals surface area contributed by atoms with Crippen molar-refractivity contribution in [1.29, 1.82) is 0 Å². The summed E-state index contributed by atoms with van der Waals surface area (Å²) in [4.78, 5) is 12.0. The average molecular weight is 332 g/mol. The van der Waals surface area contributed by atoms with E-state index >= 15 is 0 Å². The Hall–Kier alpha value is -3.09. The molecule has 0 unspecified atom stereocenters. The first-order valence-corrected chi connectivity index (χ1v) is 6.93. The molecule has 0 aliphatic heterocycles. The van der Waals surface area contributed by atoms with Crippen LogP contribution in [0.25, 0.3) is 11.3 Å². The number of nitrogens with one attached hydrogen (secondary N) is 1. The minimum atomic E-state index is -1.60. The maximum Gasteiger partial charge on any atom is 0.277 e. The van der Waals surface area contributed by atoms with Crippen LogP contribution in [-0.4, -0.2) is 11.1 Å². The van der Waals surface area contributed by atoms with Crippen molar-refractivity contribution in [2.75, 3.05) is 5.32 Å². The Bertz CT molecular complexity index is 881. The summed E-state index contributed by atoms with van der Waals surface area (Å²) in [6.45, 7) is 1.93. The normalized spacial score (nSPS) is 10.7. The van der Waals surface area contributed by atoms with Gasteiger partial charge in [-0.15, -0.1) is 0 Å². The molecular weight excluding hydrogens is 321 g/mol. The van der Waals surface area contributed by atoms with Gasteiger partial charge < -0.3 is 9.84 Å². The van der Waals surface area contributed by atoms with Crippen LogP contribution in [0.4, 0.5) is 18.9 Å². The first-order chi connectivity index (χ1) is 11.4. The zero-order valence-corrected chi connectivity index (χ0v) is 12.4. The van der Waals surface area contributed by atoms with Gasteiger partial charge in [-0.3, -0.25) is 4.79 Å². The van der Waals surface area contributed by atoms with E-state index in [0.29, 0.717) is 17.9 Å². The van der Waals surface area contributed by atoms with Gasteiger partial charge in [-0.2, -0.15) is 0 Å². The topological polar surface area (TPSA) is 55.1 Å². The van der Waals surface area contributed by atoms with Gasteiger partial charge in [-0.05, 0) is 6.92 Å². The SMILES string of the molecule is Cc1ccc(-c2cc(C(=O)Nc3cc(F)c(F)c(F)c3)no2)cc1. The van der Waals surface area contributed by atoms with Gasteiger partial charge in [0.25, 0.3) is 5.91 Å². The predicted octanol–water partition coefficient (Wildman–Crippen LogP) is 4.32. The third-order valence-electron chi connectivity index (χ3n) is 3.32. The van der Waals surface area contributed by atoms with Crippen molar-refractivity contribution in [3.8, 4) is 11.3 Å². The quantitative estimate of drug-likeness (QED) is 0.727. The molecule has 1 amide bonds. The highest BCUT2D eigenvalue weighted by Gasteiger charge is 2.16.